The van der Waals surface area contributed by atoms with Crippen molar-refractivity contribution in [1.29, 1.82) is 0 Å². The number of alkyl halides is 2. The Labute approximate surface area is 290 Å². The van der Waals surface area contributed by atoms with Crippen molar-refractivity contribution >= 4 is 46.5 Å². The van der Waals surface area contributed by atoms with E-state index in [0.29, 0.717) is 61.7 Å². The zero-order chi connectivity index (χ0) is 34.2. The number of fused-ring (bicyclic) bond motifs is 3. The molecule has 3 aromatic rings. The molecule has 2 atom stereocenters. The average molecular weight is 719 g/mol. The van der Waals surface area contributed by atoms with E-state index in [1.165, 1.54) is 4.90 Å². The monoisotopic (exact) mass is 717 g/mol. The fourth-order valence-corrected chi connectivity index (χ4v) is 8.89. The lowest BCUT2D eigenvalue weighted by atomic mass is 9.61. The third kappa shape index (κ3) is 5.66. The van der Waals surface area contributed by atoms with Crippen LogP contribution in [0.5, 0.6) is 5.75 Å². The van der Waals surface area contributed by atoms with Gasteiger partial charge in [0.05, 0.1) is 64.8 Å². The summed E-state index contributed by atoms with van der Waals surface area (Å²) < 4.78 is 57.2. The Morgan fingerprint density at radius 2 is 1.69 bits per heavy atom. The lowest BCUT2D eigenvalue weighted by Gasteiger charge is -2.59. The highest BCUT2D eigenvalue weighted by Gasteiger charge is 2.53. The van der Waals surface area contributed by atoms with Crippen LogP contribution in [-0.2, 0) is 16.0 Å². The topological polar surface area (TPSA) is 91.8 Å². The van der Waals surface area contributed by atoms with E-state index < -0.39 is 30.4 Å². The van der Waals surface area contributed by atoms with Crippen molar-refractivity contribution < 1.29 is 42.1 Å². The summed E-state index contributed by atoms with van der Waals surface area (Å²) in [6, 6.07) is 11.3. The Morgan fingerprint density at radius 3 is 2.35 bits per heavy atom. The van der Waals surface area contributed by atoms with Gasteiger partial charge in [-0.15, -0.1) is 0 Å². The number of carboxylic acid groups (broad SMARTS) is 1. The van der Waals surface area contributed by atoms with Crippen molar-refractivity contribution in [1.82, 2.24) is 4.90 Å². The molecule has 5 aliphatic rings. The molecule has 9 nitrogen and oxygen atoms in total. The van der Waals surface area contributed by atoms with Crippen LogP contribution in [0, 0.1) is 11.2 Å². The number of morpholine rings is 1. The number of hydrogen-bond donors (Lipinski definition) is 1. The number of halogens is 5. The number of hydrogen-bond acceptors (Lipinski definition) is 7. The van der Waals surface area contributed by atoms with E-state index in [1.54, 1.807) is 36.4 Å². The number of benzene rings is 3. The van der Waals surface area contributed by atoms with Crippen LogP contribution in [0.3, 0.4) is 0 Å². The summed E-state index contributed by atoms with van der Waals surface area (Å²) in [5.41, 5.74) is 2.44. The van der Waals surface area contributed by atoms with Gasteiger partial charge in [-0.05, 0) is 49.9 Å². The van der Waals surface area contributed by atoms with Crippen LogP contribution in [0.2, 0.25) is 10.0 Å². The number of carbonyl (C=O) groups excluding carboxylic acids is 1. The van der Waals surface area contributed by atoms with Gasteiger partial charge in [0.15, 0.2) is 6.73 Å². The second kappa shape index (κ2) is 12.3. The number of para-hydroxylation sites is 1. The molecular weight excluding hydrogens is 686 g/mol. The van der Waals surface area contributed by atoms with Gasteiger partial charge in [-0.3, -0.25) is 4.79 Å². The van der Waals surface area contributed by atoms with E-state index in [1.807, 2.05) is 4.90 Å². The molecule has 0 radical (unpaired) electrons. The Kier molecular flexibility index (Phi) is 8.13. The predicted octanol–water partition coefficient (Wildman–Crippen LogP) is 7.07. The highest BCUT2D eigenvalue weighted by molar-refractivity contribution is 6.40. The van der Waals surface area contributed by atoms with Crippen molar-refractivity contribution in [2.45, 2.75) is 57.0 Å². The molecule has 2 bridgehead atoms. The van der Waals surface area contributed by atoms with Crippen molar-refractivity contribution in [3.8, 4) is 16.9 Å². The maximum Gasteiger partial charge on any atom is 0.345 e. The first kappa shape index (κ1) is 32.5. The number of carboxylic acids is 1. The van der Waals surface area contributed by atoms with E-state index in [-0.39, 0.29) is 57.5 Å². The summed E-state index contributed by atoms with van der Waals surface area (Å²) in [6.45, 7) is -0.508. The van der Waals surface area contributed by atoms with E-state index >= 15 is 4.39 Å². The highest BCUT2D eigenvalue weighted by Crippen LogP contribution is 2.52. The molecule has 1 N–H and O–H groups in total. The molecule has 1 spiro atoms. The molecule has 4 fully saturated rings. The van der Waals surface area contributed by atoms with Gasteiger partial charge < -0.3 is 34.0 Å². The summed E-state index contributed by atoms with van der Waals surface area (Å²) in [6.07, 6.45) is 2.44. The van der Waals surface area contributed by atoms with Gasteiger partial charge in [-0.2, -0.15) is 8.78 Å². The van der Waals surface area contributed by atoms with Crippen LogP contribution in [-0.4, -0.2) is 79.7 Å². The summed E-state index contributed by atoms with van der Waals surface area (Å²) in [5.74, 6) is -1.94. The Bertz CT molecular complexity index is 1810. The van der Waals surface area contributed by atoms with Crippen LogP contribution in [0.15, 0.2) is 42.5 Å². The minimum absolute atomic E-state index is 0.0107. The lowest BCUT2D eigenvalue weighted by molar-refractivity contribution is -0.211. The zero-order valence-corrected chi connectivity index (χ0v) is 27.7. The predicted molar refractivity (Wildman–Crippen MR) is 175 cm³/mol. The molecule has 258 valence electrons. The third-order valence-corrected chi connectivity index (χ3v) is 11.1. The first-order valence-corrected chi connectivity index (χ1v) is 16.9. The van der Waals surface area contributed by atoms with E-state index in [9.17, 15) is 23.5 Å². The number of anilines is 2. The van der Waals surface area contributed by atoms with Gasteiger partial charge in [0.25, 0.3) is 5.91 Å². The summed E-state index contributed by atoms with van der Waals surface area (Å²) in [7, 11) is 0. The van der Waals surface area contributed by atoms with Crippen molar-refractivity contribution in [2.75, 3.05) is 42.8 Å². The van der Waals surface area contributed by atoms with E-state index in [0.717, 1.165) is 24.6 Å². The Hall–Kier alpha value is -3.71. The van der Waals surface area contributed by atoms with Crippen molar-refractivity contribution in [3.05, 3.63) is 75.0 Å². The van der Waals surface area contributed by atoms with E-state index in [2.05, 4.69) is 9.64 Å². The van der Waals surface area contributed by atoms with Crippen LogP contribution in [0.1, 0.15) is 52.0 Å². The molecular formula is C35H32Cl2F3N3O6. The fourth-order valence-electron chi connectivity index (χ4n) is 8.25. The molecule has 14 heteroatoms. The van der Waals surface area contributed by atoms with Crippen LogP contribution >= 0.6 is 23.2 Å². The first-order valence-electron chi connectivity index (χ1n) is 16.1. The molecule has 1 aliphatic carbocycles. The first-order chi connectivity index (χ1) is 23.5. The third-order valence-electron chi connectivity index (χ3n) is 10.5. The summed E-state index contributed by atoms with van der Waals surface area (Å²) in [5, 5.41) is 10.3. The zero-order valence-electron chi connectivity index (χ0n) is 26.1. The number of rotatable bonds is 7. The molecule has 2 unspecified atom stereocenters. The van der Waals surface area contributed by atoms with Gasteiger partial charge in [0.1, 0.15) is 11.6 Å². The average Bonchev–Trinajstić information content (AvgIpc) is 3.27. The minimum atomic E-state index is -2.77. The van der Waals surface area contributed by atoms with Gasteiger partial charge in [0, 0.05) is 40.9 Å². The molecule has 0 aromatic heterocycles. The summed E-state index contributed by atoms with van der Waals surface area (Å²) in [4.78, 5) is 31.5. The second-order valence-corrected chi connectivity index (χ2v) is 14.4. The summed E-state index contributed by atoms with van der Waals surface area (Å²) >= 11 is 13.3. The largest absolute Gasteiger partial charge is 0.478 e. The number of nitrogens with zero attached hydrogens (tertiary/aromatic N) is 3. The highest BCUT2D eigenvalue weighted by atomic mass is 35.5. The molecule has 8 rings (SSSR count). The normalized spacial score (nSPS) is 22.5. The fraction of sp³-hybridized carbons (Fsp3) is 0.429. The van der Waals surface area contributed by atoms with Gasteiger partial charge in [0.2, 0.25) is 0 Å². The van der Waals surface area contributed by atoms with Crippen LogP contribution in [0.25, 0.3) is 11.1 Å². The van der Waals surface area contributed by atoms with Gasteiger partial charge in [-0.25, -0.2) is 9.18 Å². The maximum absolute atomic E-state index is 15.7. The van der Waals surface area contributed by atoms with Crippen LogP contribution < -0.4 is 14.5 Å². The SMILES string of the molecule is O=C(O)c1cc(F)c(-c2cccc3c2OCN(C(=O)c2c(Cl)cc(N4CC5(CC(OC(F)F)C5)C4)cc2Cl)C3)cc1N1C2CCC1COC2. The second-order valence-electron chi connectivity index (χ2n) is 13.6. The van der Waals surface area contributed by atoms with Gasteiger partial charge >= 0.3 is 12.6 Å². The number of ether oxygens (including phenoxy) is 3. The minimum Gasteiger partial charge on any atom is -0.478 e. The molecule has 1 amide bonds. The Balaban J connectivity index is 1.01. The Morgan fingerprint density at radius 1 is 1.00 bits per heavy atom. The molecule has 3 saturated heterocycles. The number of aromatic carboxylic acids is 1. The number of amides is 1. The molecule has 1 saturated carbocycles. The number of carbonyl (C=O) groups is 2. The van der Waals surface area contributed by atoms with E-state index in [4.69, 9.17) is 32.7 Å². The standard InChI is InChI=1S/C35H32Cl2F3N3O6/c36-26-6-21(42-15-35(16-42)10-22(11-35)49-34(39)40)7-27(37)30(26)32(44)41-12-18-2-1-3-23(31(18)48-17-41)24-9-29(25(33(45)46)8-28(24)38)43-19-4-5-20(43)14-47-13-19/h1-3,6-9,19-20,22,34H,4-5,10-17H2,(H,45,46). The molecule has 49 heavy (non-hydrogen) atoms. The lowest BCUT2D eigenvalue weighted by Crippen LogP contribution is -2.64. The quantitative estimate of drug-likeness (QED) is 0.278. The van der Waals surface area contributed by atoms with Gasteiger partial charge in [-0.1, -0.05) is 41.4 Å². The molecule has 4 heterocycles. The van der Waals surface area contributed by atoms with Crippen LogP contribution in [0.4, 0.5) is 24.5 Å². The smallest absolute Gasteiger partial charge is 0.345 e. The van der Waals surface area contributed by atoms with Crippen molar-refractivity contribution in [3.63, 3.8) is 0 Å². The molecule has 3 aromatic carbocycles. The maximum atomic E-state index is 15.7. The molecule has 4 aliphatic heterocycles. The van der Waals surface area contributed by atoms with Crippen molar-refractivity contribution in [2.24, 2.45) is 5.41 Å².